The van der Waals surface area contributed by atoms with Gasteiger partial charge >= 0.3 is 0 Å². The first kappa shape index (κ1) is 18.7. The van der Waals surface area contributed by atoms with Crippen LogP contribution < -0.4 is 11.1 Å². The lowest BCUT2D eigenvalue weighted by Crippen LogP contribution is -2.48. The molecular formula is C14H28N2OS2. The van der Waals surface area contributed by atoms with Crippen LogP contribution in [0.3, 0.4) is 0 Å². The quantitative estimate of drug-likeness (QED) is 0.455. The molecule has 0 aromatic rings. The van der Waals surface area contributed by atoms with E-state index in [1.54, 1.807) is 0 Å². The highest BCUT2D eigenvalue weighted by molar-refractivity contribution is 7.98. The van der Waals surface area contributed by atoms with Crippen LogP contribution in [0.1, 0.15) is 52.4 Å². The second kappa shape index (κ2) is 10.5. The van der Waals surface area contributed by atoms with Crippen molar-refractivity contribution in [1.29, 1.82) is 0 Å². The van der Waals surface area contributed by atoms with Crippen LogP contribution in [0.4, 0.5) is 0 Å². The Bertz CT molecular complexity index is 279. The summed E-state index contributed by atoms with van der Waals surface area (Å²) in [6.07, 6.45) is 8.15. The van der Waals surface area contributed by atoms with Crippen molar-refractivity contribution in [1.82, 2.24) is 5.32 Å². The minimum atomic E-state index is -0.659. The molecule has 3 nitrogen and oxygen atoms in total. The van der Waals surface area contributed by atoms with Crippen molar-refractivity contribution in [2.24, 2.45) is 11.1 Å². The highest BCUT2D eigenvalue weighted by Crippen LogP contribution is 2.27. The third-order valence-corrected chi connectivity index (χ3v) is 4.76. The topological polar surface area (TPSA) is 55.1 Å². The van der Waals surface area contributed by atoms with Crippen LogP contribution in [-0.4, -0.2) is 29.4 Å². The van der Waals surface area contributed by atoms with Gasteiger partial charge in [-0.05, 0) is 37.7 Å². The standard InChI is InChI=1S/C14H28N2OS2/c1-4-14(5-2,12(15)18)13(17)16-10-8-6-7-9-11-19-3/h4-11H2,1-3H3,(H2,15,18)(H,16,17). The zero-order valence-corrected chi connectivity index (χ0v) is 14.1. The molecule has 0 bridgehead atoms. The number of nitrogens with two attached hydrogens (primary N) is 1. The van der Waals surface area contributed by atoms with Crippen LogP contribution in [-0.2, 0) is 4.79 Å². The molecule has 0 unspecified atom stereocenters. The van der Waals surface area contributed by atoms with E-state index in [2.05, 4.69) is 11.6 Å². The van der Waals surface area contributed by atoms with Gasteiger partial charge in [-0.1, -0.05) is 38.9 Å². The van der Waals surface area contributed by atoms with Crippen LogP contribution in [0.15, 0.2) is 0 Å². The lowest BCUT2D eigenvalue weighted by Gasteiger charge is -2.28. The van der Waals surface area contributed by atoms with Crippen molar-refractivity contribution in [2.45, 2.75) is 52.4 Å². The second-order valence-electron chi connectivity index (χ2n) is 4.82. The van der Waals surface area contributed by atoms with Crippen molar-refractivity contribution in [2.75, 3.05) is 18.6 Å². The molecule has 0 rings (SSSR count). The molecule has 112 valence electrons. The molecule has 0 saturated heterocycles. The Morgan fingerprint density at radius 1 is 1.21 bits per heavy atom. The molecule has 0 heterocycles. The maximum Gasteiger partial charge on any atom is 0.233 e. The van der Waals surface area contributed by atoms with Crippen molar-refractivity contribution >= 4 is 34.9 Å². The number of amides is 1. The molecule has 0 aliphatic rings. The third kappa shape index (κ3) is 6.13. The molecule has 3 N–H and O–H groups in total. The summed E-state index contributed by atoms with van der Waals surface area (Å²) in [6, 6.07) is 0. The number of carbonyl (C=O) groups excluding carboxylic acids is 1. The molecule has 0 spiro atoms. The second-order valence-corrected chi connectivity index (χ2v) is 6.24. The summed E-state index contributed by atoms with van der Waals surface area (Å²) >= 11 is 6.95. The monoisotopic (exact) mass is 304 g/mol. The predicted octanol–water partition coefficient (Wildman–Crippen LogP) is 3.12. The van der Waals surface area contributed by atoms with Gasteiger partial charge in [0.05, 0.1) is 10.4 Å². The molecule has 19 heavy (non-hydrogen) atoms. The zero-order chi connectivity index (χ0) is 14.7. The van der Waals surface area contributed by atoms with Crippen molar-refractivity contribution in [3.63, 3.8) is 0 Å². The van der Waals surface area contributed by atoms with Gasteiger partial charge in [-0.15, -0.1) is 0 Å². The highest BCUT2D eigenvalue weighted by Gasteiger charge is 2.37. The SMILES string of the molecule is CCC(CC)(C(=O)NCCCCCCSC)C(N)=S. The molecule has 0 radical (unpaired) electrons. The number of unbranched alkanes of at least 4 members (excludes halogenated alkanes) is 3. The summed E-state index contributed by atoms with van der Waals surface area (Å²) in [5, 5.41) is 2.99. The third-order valence-electron chi connectivity index (χ3n) is 3.67. The largest absolute Gasteiger partial charge is 0.392 e. The molecule has 0 aliphatic heterocycles. The lowest BCUT2D eigenvalue weighted by molar-refractivity contribution is -0.127. The van der Waals surface area contributed by atoms with E-state index in [0.29, 0.717) is 17.8 Å². The van der Waals surface area contributed by atoms with E-state index in [1.807, 2.05) is 25.6 Å². The van der Waals surface area contributed by atoms with Gasteiger partial charge in [0.1, 0.15) is 0 Å². The first-order valence-electron chi connectivity index (χ1n) is 7.12. The fraction of sp³-hybridized carbons (Fsp3) is 0.857. The molecular weight excluding hydrogens is 276 g/mol. The summed E-state index contributed by atoms with van der Waals surface area (Å²) in [6.45, 7) is 4.65. The average Bonchev–Trinajstić information content (AvgIpc) is 2.39. The van der Waals surface area contributed by atoms with Gasteiger partial charge in [0.15, 0.2) is 0 Å². The fourth-order valence-electron chi connectivity index (χ4n) is 2.13. The number of hydrogen-bond donors (Lipinski definition) is 2. The Morgan fingerprint density at radius 2 is 1.79 bits per heavy atom. The number of hydrogen-bond acceptors (Lipinski definition) is 3. The van der Waals surface area contributed by atoms with E-state index in [0.717, 1.165) is 13.0 Å². The maximum absolute atomic E-state index is 12.2. The molecule has 0 aromatic carbocycles. The molecule has 0 aromatic heterocycles. The van der Waals surface area contributed by atoms with Gasteiger partial charge < -0.3 is 11.1 Å². The number of rotatable bonds is 11. The highest BCUT2D eigenvalue weighted by atomic mass is 32.2. The summed E-state index contributed by atoms with van der Waals surface area (Å²) in [5.41, 5.74) is 5.09. The summed E-state index contributed by atoms with van der Waals surface area (Å²) in [4.78, 5) is 12.5. The van der Waals surface area contributed by atoms with Crippen LogP contribution >= 0.6 is 24.0 Å². The van der Waals surface area contributed by atoms with Gasteiger partial charge in [-0.2, -0.15) is 11.8 Å². The number of nitrogens with one attached hydrogen (secondary N) is 1. The Labute approximate surface area is 127 Å². The normalized spacial score (nSPS) is 11.3. The Balaban J connectivity index is 3.98. The maximum atomic E-state index is 12.2. The van der Waals surface area contributed by atoms with E-state index in [1.165, 1.54) is 25.0 Å². The van der Waals surface area contributed by atoms with Crippen molar-refractivity contribution in [3.8, 4) is 0 Å². The summed E-state index contributed by atoms with van der Waals surface area (Å²) in [5.74, 6) is 1.22. The molecule has 0 atom stereocenters. The van der Waals surface area contributed by atoms with Crippen LogP contribution in [0.2, 0.25) is 0 Å². The first-order valence-corrected chi connectivity index (χ1v) is 8.92. The summed E-state index contributed by atoms with van der Waals surface area (Å²) < 4.78 is 0. The lowest BCUT2D eigenvalue weighted by atomic mass is 9.81. The van der Waals surface area contributed by atoms with E-state index in [4.69, 9.17) is 18.0 Å². The minimum absolute atomic E-state index is 0.00545. The summed E-state index contributed by atoms with van der Waals surface area (Å²) in [7, 11) is 0. The number of thioether (sulfide) groups is 1. The van der Waals surface area contributed by atoms with Crippen LogP contribution in [0, 0.1) is 5.41 Å². The average molecular weight is 305 g/mol. The number of thiocarbonyl (C=S) groups is 1. The van der Waals surface area contributed by atoms with Crippen LogP contribution in [0.5, 0.6) is 0 Å². The van der Waals surface area contributed by atoms with Gasteiger partial charge in [0.25, 0.3) is 0 Å². The van der Waals surface area contributed by atoms with Gasteiger partial charge in [0, 0.05) is 6.54 Å². The molecule has 1 amide bonds. The van der Waals surface area contributed by atoms with Crippen molar-refractivity contribution in [3.05, 3.63) is 0 Å². The van der Waals surface area contributed by atoms with Gasteiger partial charge in [-0.25, -0.2) is 0 Å². The molecule has 0 fully saturated rings. The van der Waals surface area contributed by atoms with E-state index < -0.39 is 5.41 Å². The molecule has 0 saturated carbocycles. The number of carbonyl (C=O) groups is 1. The van der Waals surface area contributed by atoms with Gasteiger partial charge in [-0.3, -0.25) is 4.79 Å². The Hall–Kier alpha value is -0.290. The zero-order valence-electron chi connectivity index (χ0n) is 12.5. The predicted molar refractivity (Wildman–Crippen MR) is 89.7 cm³/mol. The Kier molecular flexibility index (Phi) is 10.3. The van der Waals surface area contributed by atoms with Crippen molar-refractivity contribution < 1.29 is 4.79 Å². The van der Waals surface area contributed by atoms with E-state index >= 15 is 0 Å². The van der Waals surface area contributed by atoms with E-state index in [-0.39, 0.29) is 5.91 Å². The Morgan fingerprint density at radius 3 is 2.26 bits per heavy atom. The first-order chi connectivity index (χ1) is 9.05. The van der Waals surface area contributed by atoms with Gasteiger partial charge in [0.2, 0.25) is 5.91 Å². The smallest absolute Gasteiger partial charge is 0.233 e. The van der Waals surface area contributed by atoms with Crippen LogP contribution in [0.25, 0.3) is 0 Å². The fourth-order valence-corrected chi connectivity index (χ4v) is 3.00. The minimum Gasteiger partial charge on any atom is -0.392 e. The molecule has 5 heteroatoms. The van der Waals surface area contributed by atoms with E-state index in [9.17, 15) is 4.79 Å². The molecule has 0 aliphatic carbocycles.